The molecular formula is C12H17NO2. The van der Waals surface area contributed by atoms with Crippen molar-refractivity contribution < 1.29 is 9.47 Å². The van der Waals surface area contributed by atoms with Crippen LogP contribution in [0.4, 0.5) is 5.69 Å². The van der Waals surface area contributed by atoms with E-state index in [4.69, 9.17) is 9.47 Å². The van der Waals surface area contributed by atoms with Crippen molar-refractivity contribution in [2.45, 2.75) is 19.3 Å². The molecule has 3 heteroatoms. The zero-order valence-electron chi connectivity index (χ0n) is 9.08. The summed E-state index contributed by atoms with van der Waals surface area (Å²) >= 11 is 0. The highest BCUT2D eigenvalue weighted by Gasteiger charge is 2.07. The second-order valence-corrected chi connectivity index (χ2v) is 3.75. The fourth-order valence-corrected chi connectivity index (χ4v) is 1.83. The van der Waals surface area contributed by atoms with Crippen molar-refractivity contribution in [3.05, 3.63) is 23.8 Å². The molecule has 0 bridgehead atoms. The molecule has 2 rings (SSSR count). The average molecular weight is 207 g/mol. The van der Waals surface area contributed by atoms with Gasteiger partial charge >= 0.3 is 0 Å². The third kappa shape index (κ3) is 2.63. The molecule has 0 fully saturated rings. The zero-order chi connectivity index (χ0) is 10.5. The van der Waals surface area contributed by atoms with Gasteiger partial charge in [0.25, 0.3) is 0 Å². The Bertz CT molecular complexity index is 325. The number of fused-ring (bicyclic) bond motifs is 1. The van der Waals surface area contributed by atoms with E-state index in [9.17, 15) is 0 Å². The van der Waals surface area contributed by atoms with Crippen molar-refractivity contribution in [3.63, 3.8) is 0 Å². The highest BCUT2D eigenvalue weighted by Crippen LogP contribution is 2.25. The number of anilines is 1. The van der Waals surface area contributed by atoms with Crippen LogP contribution in [0, 0.1) is 0 Å². The van der Waals surface area contributed by atoms with E-state index in [0.717, 1.165) is 18.7 Å². The lowest BCUT2D eigenvalue weighted by Crippen LogP contribution is -2.01. The summed E-state index contributed by atoms with van der Waals surface area (Å²) in [6.07, 6.45) is 3.61. The van der Waals surface area contributed by atoms with Gasteiger partial charge in [0.05, 0.1) is 0 Å². The standard InChI is InChI=1S/C12H17NO2/c1-14-9-15-11-5-6-12-10(8-11)4-2-3-7-13-12/h5-6,8,13H,2-4,7,9H2,1H3. The van der Waals surface area contributed by atoms with Crippen LogP contribution in [-0.2, 0) is 11.2 Å². The summed E-state index contributed by atoms with van der Waals surface area (Å²) in [7, 11) is 1.63. The van der Waals surface area contributed by atoms with Gasteiger partial charge in [-0.05, 0) is 43.0 Å². The first kappa shape index (κ1) is 10.3. The second-order valence-electron chi connectivity index (χ2n) is 3.75. The van der Waals surface area contributed by atoms with Gasteiger partial charge < -0.3 is 14.8 Å². The number of benzene rings is 1. The number of methoxy groups -OCH3 is 1. The van der Waals surface area contributed by atoms with Gasteiger partial charge in [-0.2, -0.15) is 0 Å². The highest BCUT2D eigenvalue weighted by molar-refractivity contribution is 5.54. The Kier molecular flexibility index (Phi) is 3.45. The van der Waals surface area contributed by atoms with Crippen LogP contribution >= 0.6 is 0 Å². The third-order valence-corrected chi connectivity index (χ3v) is 2.61. The SMILES string of the molecule is COCOc1ccc2c(c1)CCCCN2. The highest BCUT2D eigenvalue weighted by atomic mass is 16.7. The molecular weight excluding hydrogens is 190 g/mol. The number of aryl methyl sites for hydroxylation is 1. The molecule has 0 aromatic heterocycles. The van der Waals surface area contributed by atoms with Crippen LogP contribution in [0.15, 0.2) is 18.2 Å². The molecule has 1 aliphatic rings. The summed E-state index contributed by atoms with van der Waals surface area (Å²) in [4.78, 5) is 0. The van der Waals surface area contributed by atoms with Crippen LogP contribution in [-0.4, -0.2) is 20.4 Å². The van der Waals surface area contributed by atoms with Gasteiger partial charge in [0.15, 0.2) is 6.79 Å². The summed E-state index contributed by atoms with van der Waals surface area (Å²) in [6.45, 7) is 1.39. The first-order valence-corrected chi connectivity index (χ1v) is 5.38. The summed E-state index contributed by atoms with van der Waals surface area (Å²) < 4.78 is 10.3. The second kappa shape index (κ2) is 5.03. The molecule has 1 aromatic rings. The van der Waals surface area contributed by atoms with Crippen molar-refractivity contribution in [1.82, 2.24) is 0 Å². The Morgan fingerprint density at radius 3 is 3.13 bits per heavy atom. The van der Waals surface area contributed by atoms with Gasteiger partial charge in [-0.15, -0.1) is 0 Å². The molecule has 0 unspecified atom stereocenters. The first-order valence-electron chi connectivity index (χ1n) is 5.38. The van der Waals surface area contributed by atoms with Gasteiger partial charge in [-0.3, -0.25) is 0 Å². The number of hydrogen-bond donors (Lipinski definition) is 1. The lowest BCUT2D eigenvalue weighted by Gasteiger charge is -2.10. The molecule has 0 saturated heterocycles. The van der Waals surface area contributed by atoms with E-state index in [0.29, 0.717) is 6.79 Å². The van der Waals surface area contributed by atoms with Crippen molar-refractivity contribution >= 4 is 5.69 Å². The van der Waals surface area contributed by atoms with E-state index in [-0.39, 0.29) is 0 Å². The molecule has 82 valence electrons. The van der Waals surface area contributed by atoms with Crippen LogP contribution in [0.3, 0.4) is 0 Å². The molecule has 1 N–H and O–H groups in total. The number of hydrogen-bond acceptors (Lipinski definition) is 3. The molecule has 1 aromatic carbocycles. The quantitative estimate of drug-likeness (QED) is 0.772. The van der Waals surface area contributed by atoms with E-state index >= 15 is 0 Å². The monoisotopic (exact) mass is 207 g/mol. The lowest BCUT2D eigenvalue weighted by atomic mass is 10.1. The van der Waals surface area contributed by atoms with Crippen LogP contribution in [0.2, 0.25) is 0 Å². The van der Waals surface area contributed by atoms with Crippen LogP contribution in [0.25, 0.3) is 0 Å². The number of ether oxygens (including phenoxy) is 2. The molecule has 15 heavy (non-hydrogen) atoms. The van der Waals surface area contributed by atoms with Gasteiger partial charge in [-0.1, -0.05) is 0 Å². The van der Waals surface area contributed by atoms with E-state index < -0.39 is 0 Å². The number of rotatable bonds is 3. The summed E-state index contributed by atoms with van der Waals surface area (Å²) in [6, 6.07) is 6.18. The number of nitrogens with one attached hydrogen (secondary N) is 1. The molecule has 0 aliphatic carbocycles. The van der Waals surface area contributed by atoms with Crippen LogP contribution in [0.1, 0.15) is 18.4 Å². The Morgan fingerprint density at radius 2 is 2.27 bits per heavy atom. The molecule has 1 heterocycles. The van der Waals surface area contributed by atoms with E-state index in [2.05, 4.69) is 17.4 Å². The molecule has 0 radical (unpaired) electrons. The van der Waals surface area contributed by atoms with E-state index in [1.807, 2.05) is 6.07 Å². The van der Waals surface area contributed by atoms with Gasteiger partial charge in [0.2, 0.25) is 0 Å². The van der Waals surface area contributed by atoms with E-state index in [1.165, 1.54) is 24.1 Å². The minimum Gasteiger partial charge on any atom is -0.468 e. The van der Waals surface area contributed by atoms with Crippen molar-refractivity contribution in [2.24, 2.45) is 0 Å². The topological polar surface area (TPSA) is 30.5 Å². The summed E-state index contributed by atoms with van der Waals surface area (Å²) in [5.74, 6) is 0.888. The first-order chi connectivity index (χ1) is 7.40. The predicted octanol–water partition coefficient (Wildman–Crippen LogP) is 2.42. The molecule has 3 nitrogen and oxygen atoms in total. The van der Waals surface area contributed by atoms with Crippen molar-refractivity contribution in [1.29, 1.82) is 0 Å². The van der Waals surface area contributed by atoms with Crippen molar-refractivity contribution in [3.8, 4) is 5.75 Å². The van der Waals surface area contributed by atoms with Crippen LogP contribution in [0.5, 0.6) is 5.75 Å². The normalized spacial score (nSPS) is 15.0. The largest absolute Gasteiger partial charge is 0.468 e. The maximum absolute atomic E-state index is 5.41. The minimum atomic E-state index is 0.312. The third-order valence-electron chi connectivity index (χ3n) is 2.61. The minimum absolute atomic E-state index is 0.312. The average Bonchev–Trinajstić information content (AvgIpc) is 2.50. The van der Waals surface area contributed by atoms with Gasteiger partial charge in [0, 0.05) is 19.3 Å². The fraction of sp³-hybridized carbons (Fsp3) is 0.500. The molecule has 0 amide bonds. The predicted molar refractivity (Wildman–Crippen MR) is 60.4 cm³/mol. The Morgan fingerprint density at radius 1 is 1.33 bits per heavy atom. The van der Waals surface area contributed by atoms with Gasteiger partial charge in [-0.25, -0.2) is 0 Å². The summed E-state index contributed by atoms with van der Waals surface area (Å²) in [5.41, 5.74) is 2.60. The Hall–Kier alpha value is -1.22. The zero-order valence-corrected chi connectivity index (χ0v) is 9.08. The summed E-state index contributed by atoms with van der Waals surface area (Å²) in [5, 5.41) is 3.42. The van der Waals surface area contributed by atoms with E-state index in [1.54, 1.807) is 7.11 Å². The lowest BCUT2D eigenvalue weighted by molar-refractivity contribution is 0.0511. The van der Waals surface area contributed by atoms with Gasteiger partial charge in [0.1, 0.15) is 5.75 Å². The smallest absolute Gasteiger partial charge is 0.188 e. The molecule has 1 aliphatic heterocycles. The maximum atomic E-state index is 5.41. The molecule has 0 atom stereocenters. The fourth-order valence-electron chi connectivity index (χ4n) is 1.83. The Labute approximate surface area is 90.4 Å². The van der Waals surface area contributed by atoms with Crippen molar-refractivity contribution in [2.75, 3.05) is 25.8 Å². The Balaban J connectivity index is 2.13. The maximum Gasteiger partial charge on any atom is 0.188 e. The van der Waals surface area contributed by atoms with Crippen LogP contribution < -0.4 is 10.1 Å². The molecule has 0 spiro atoms. The molecule has 0 saturated carbocycles.